The zero-order valence-corrected chi connectivity index (χ0v) is 13.2. The maximum atomic E-state index is 4.63. The van der Waals surface area contributed by atoms with Crippen LogP contribution >= 0.6 is 0 Å². The highest BCUT2D eigenvalue weighted by atomic mass is 14.7. The van der Waals surface area contributed by atoms with Crippen molar-refractivity contribution in [2.75, 3.05) is 0 Å². The Morgan fingerprint density at radius 2 is 1.65 bits per heavy atom. The van der Waals surface area contributed by atoms with Gasteiger partial charge in [0.1, 0.15) is 0 Å². The van der Waals surface area contributed by atoms with E-state index in [1.165, 1.54) is 32.7 Å². The first-order chi connectivity index (χ1) is 11.3. The molecule has 2 aromatic heterocycles. The van der Waals surface area contributed by atoms with Gasteiger partial charge in [0.25, 0.3) is 0 Å². The second-order valence-corrected chi connectivity index (χ2v) is 5.99. The Morgan fingerprint density at radius 1 is 0.826 bits per heavy atom. The monoisotopic (exact) mass is 298 g/mol. The average molecular weight is 298 g/mol. The number of aromatic nitrogens is 2. The predicted octanol–water partition coefficient (Wildman–Crippen LogP) is 4.88. The SMILES string of the molecule is Cc1cccc2cnc(CCc3cccc4cnccc34)cc12. The summed E-state index contributed by atoms with van der Waals surface area (Å²) < 4.78 is 0. The van der Waals surface area contributed by atoms with E-state index >= 15 is 0 Å². The molecule has 0 amide bonds. The number of benzene rings is 2. The first-order valence-electron chi connectivity index (χ1n) is 7.97. The molecule has 2 aromatic carbocycles. The van der Waals surface area contributed by atoms with Gasteiger partial charge in [0, 0.05) is 35.1 Å². The molecule has 0 fully saturated rings. The van der Waals surface area contributed by atoms with Crippen LogP contribution in [0.3, 0.4) is 0 Å². The predicted molar refractivity (Wildman–Crippen MR) is 95.6 cm³/mol. The maximum Gasteiger partial charge on any atom is 0.0413 e. The molecule has 4 aromatic rings. The molecule has 2 heterocycles. The molecule has 112 valence electrons. The lowest BCUT2D eigenvalue weighted by atomic mass is 10.00. The summed E-state index contributed by atoms with van der Waals surface area (Å²) in [5, 5.41) is 5.01. The summed E-state index contributed by atoms with van der Waals surface area (Å²) in [5.74, 6) is 0. The lowest BCUT2D eigenvalue weighted by Crippen LogP contribution is -1.96. The second-order valence-electron chi connectivity index (χ2n) is 5.99. The third-order valence-electron chi connectivity index (χ3n) is 4.46. The van der Waals surface area contributed by atoms with Crippen LogP contribution in [0.4, 0.5) is 0 Å². The fraction of sp³-hybridized carbons (Fsp3) is 0.143. The number of hydrogen-bond donors (Lipinski definition) is 0. The number of nitrogens with zero attached hydrogens (tertiary/aromatic N) is 2. The lowest BCUT2D eigenvalue weighted by Gasteiger charge is -2.08. The molecule has 4 rings (SSSR count). The van der Waals surface area contributed by atoms with Gasteiger partial charge in [0.2, 0.25) is 0 Å². The molecule has 0 aliphatic carbocycles. The highest BCUT2D eigenvalue weighted by Crippen LogP contribution is 2.21. The van der Waals surface area contributed by atoms with Crippen LogP contribution in [0.2, 0.25) is 0 Å². The largest absolute Gasteiger partial charge is 0.264 e. The molecule has 0 bridgehead atoms. The van der Waals surface area contributed by atoms with Crippen LogP contribution in [0.15, 0.2) is 67.1 Å². The molecule has 0 radical (unpaired) electrons. The van der Waals surface area contributed by atoms with Crippen molar-refractivity contribution in [1.82, 2.24) is 9.97 Å². The van der Waals surface area contributed by atoms with Crippen molar-refractivity contribution in [1.29, 1.82) is 0 Å². The van der Waals surface area contributed by atoms with Gasteiger partial charge in [-0.25, -0.2) is 0 Å². The zero-order chi connectivity index (χ0) is 15.6. The first-order valence-corrected chi connectivity index (χ1v) is 7.97. The van der Waals surface area contributed by atoms with Crippen molar-refractivity contribution in [2.24, 2.45) is 0 Å². The molecule has 2 heteroatoms. The van der Waals surface area contributed by atoms with Crippen molar-refractivity contribution in [3.8, 4) is 0 Å². The van der Waals surface area contributed by atoms with E-state index in [0.29, 0.717) is 0 Å². The molecule has 2 nitrogen and oxygen atoms in total. The minimum Gasteiger partial charge on any atom is -0.264 e. The van der Waals surface area contributed by atoms with Gasteiger partial charge in [-0.1, -0.05) is 36.4 Å². The van der Waals surface area contributed by atoms with E-state index < -0.39 is 0 Å². The minimum absolute atomic E-state index is 0.950. The number of pyridine rings is 2. The van der Waals surface area contributed by atoms with Crippen LogP contribution < -0.4 is 0 Å². The van der Waals surface area contributed by atoms with E-state index in [4.69, 9.17) is 0 Å². The molecule has 0 N–H and O–H groups in total. The number of fused-ring (bicyclic) bond motifs is 2. The van der Waals surface area contributed by atoms with Crippen LogP contribution in [0.5, 0.6) is 0 Å². The third-order valence-corrected chi connectivity index (χ3v) is 4.46. The molecule has 0 unspecified atom stereocenters. The van der Waals surface area contributed by atoms with Crippen LogP contribution in [-0.2, 0) is 12.8 Å². The Balaban J connectivity index is 1.64. The summed E-state index contributed by atoms with van der Waals surface area (Å²) in [7, 11) is 0. The zero-order valence-electron chi connectivity index (χ0n) is 13.2. The number of aryl methyl sites for hydroxylation is 3. The molecule has 23 heavy (non-hydrogen) atoms. The van der Waals surface area contributed by atoms with Crippen molar-refractivity contribution in [2.45, 2.75) is 19.8 Å². The molecule has 0 saturated carbocycles. The molecule has 0 aliphatic rings. The van der Waals surface area contributed by atoms with Gasteiger partial charge in [-0.15, -0.1) is 0 Å². The van der Waals surface area contributed by atoms with Crippen LogP contribution in [-0.4, -0.2) is 9.97 Å². The van der Waals surface area contributed by atoms with Gasteiger partial charge in [0.05, 0.1) is 0 Å². The standard InChI is InChI=1S/C21H18N2/c1-15-4-2-6-18-14-23-19(12-21(15)18)9-8-16-5-3-7-17-13-22-11-10-20(16)17/h2-7,10-14H,8-9H2,1H3. The maximum absolute atomic E-state index is 4.63. The van der Waals surface area contributed by atoms with Crippen molar-refractivity contribution in [3.05, 3.63) is 83.9 Å². The quantitative estimate of drug-likeness (QED) is 0.539. The van der Waals surface area contributed by atoms with Crippen molar-refractivity contribution >= 4 is 21.5 Å². The van der Waals surface area contributed by atoms with E-state index in [-0.39, 0.29) is 0 Å². The van der Waals surface area contributed by atoms with Gasteiger partial charge in [-0.2, -0.15) is 0 Å². The van der Waals surface area contributed by atoms with Crippen molar-refractivity contribution < 1.29 is 0 Å². The van der Waals surface area contributed by atoms with Gasteiger partial charge < -0.3 is 0 Å². The lowest BCUT2D eigenvalue weighted by molar-refractivity contribution is 0.924. The summed E-state index contributed by atoms with van der Waals surface area (Å²) in [5.41, 5.74) is 3.82. The summed E-state index contributed by atoms with van der Waals surface area (Å²) >= 11 is 0. The van der Waals surface area contributed by atoms with Gasteiger partial charge >= 0.3 is 0 Å². The Morgan fingerprint density at radius 3 is 2.57 bits per heavy atom. The average Bonchev–Trinajstić information content (AvgIpc) is 2.60. The van der Waals surface area contributed by atoms with E-state index in [0.717, 1.165) is 18.5 Å². The molecule has 0 aliphatic heterocycles. The number of rotatable bonds is 3. The summed E-state index contributed by atoms with van der Waals surface area (Å²) in [6, 6.07) is 17.1. The smallest absolute Gasteiger partial charge is 0.0413 e. The molecular weight excluding hydrogens is 280 g/mol. The van der Waals surface area contributed by atoms with E-state index in [1.807, 2.05) is 18.6 Å². The Hall–Kier alpha value is -2.74. The van der Waals surface area contributed by atoms with E-state index in [9.17, 15) is 0 Å². The van der Waals surface area contributed by atoms with Gasteiger partial charge in [0.15, 0.2) is 0 Å². The summed E-state index contributed by atoms with van der Waals surface area (Å²) in [6.07, 6.45) is 7.72. The van der Waals surface area contributed by atoms with E-state index in [2.05, 4.69) is 65.4 Å². The van der Waals surface area contributed by atoms with Crippen LogP contribution in [0.1, 0.15) is 16.8 Å². The summed E-state index contributed by atoms with van der Waals surface area (Å²) in [6.45, 7) is 2.16. The third kappa shape index (κ3) is 2.68. The first kappa shape index (κ1) is 13.9. The molecular formula is C21H18N2. The fourth-order valence-electron chi connectivity index (χ4n) is 3.18. The Kier molecular flexibility index (Phi) is 3.51. The van der Waals surface area contributed by atoms with Crippen molar-refractivity contribution in [3.63, 3.8) is 0 Å². The van der Waals surface area contributed by atoms with Gasteiger partial charge in [-0.3, -0.25) is 9.97 Å². The van der Waals surface area contributed by atoms with Crippen LogP contribution in [0, 0.1) is 6.92 Å². The minimum atomic E-state index is 0.950. The topological polar surface area (TPSA) is 25.8 Å². The number of hydrogen-bond acceptors (Lipinski definition) is 2. The molecule has 0 saturated heterocycles. The molecule has 0 atom stereocenters. The van der Waals surface area contributed by atoms with Crippen LogP contribution in [0.25, 0.3) is 21.5 Å². The highest BCUT2D eigenvalue weighted by molar-refractivity contribution is 5.86. The van der Waals surface area contributed by atoms with Gasteiger partial charge in [-0.05, 0) is 53.8 Å². The Labute approximate surface area is 135 Å². The molecule has 0 spiro atoms. The highest BCUT2D eigenvalue weighted by Gasteiger charge is 2.04. The normalized spacial score (nSPS) is 11.2. The summed E-state index contributed by atoms with van der Waals surface area (Å²) in [4.78, 5) is 8.83. The Bertz CT molecular complexity index is 984. The van der Waals surface area contributed by atoms with E-state index in [1.54, 1.807) is 0 Å². The fourth-order valence-corrected chi connectivity index (χ4v) is 3.18. The second kappa shape index (κ2) is 5.81.